The van der Waals surface area contributed by atoms with Crippen molar-refractivity contribution in [3.05, 3.63) is 0 Å². The normalized spacial score (nSPS) is 24.0. The van der Waals surface area contributed by atoms with Crippen LogP contribution in [0.4, 0.5) is 0 Å². The van der Waals surface area contributed by atoms with Crippen LogP contribution >= 0.6 is 0 Å². The maximum Gasteiger partial charge on any atom is 0.0587 e. The first kappa shape index (κ1) is 12.9. The van der Waals surface area contributed by atoms with Crippen LogP contribution < -0.4 is 5.32 Å². The monoisotopic (exact) mass is 215 g/mol. The summed E-state index contributed by atoms with van der Waals surface area (Å²) in [4.78, 5) is 0. The van der Waals surface area contributed by atoms with Crippen LogP contribution in [-0.2, 0) is 4.74 Å². The number of nitrogens with one attached hydrogen (secondary N) is 1. The average molecular weight is 215 g/mol. The number of ether oxygens (including phenoxy) is 1. The molecule has 1 aliphatic rings. The largest absolute Gasteiger partial charge is 0.396 e. The van der Waals surface area contributed by atoms with Crippen molar-refractivity contribution in [3.63, 3.8) is 0 Å². The second-order valence-corrected chi connectivity index (χ2v) is 4.50. The lowest BCUT2D eigenvalue weighted by molar-refractivity contribution is 0.0112. The summed E-state index contributed by atoms with van der Waals surface area (Å²) in [6.45, 7) is 4.47. The Morgan fingerprint density at radius 2 is 2.33 bits per heavy atom. The lowest BCUT2D eigenvalue weighted by Crippen LogP contribution is -2.31. The first-order chi connectivity index (χ1) is 7.33. The van der Waals surface area contributed by atoms with E-state index < -0.39 is 0 Å². The molecule has 15 heavy (non-hydrogen) atoms. The zero-order valence-corrected chi connectivity index (χ0v) is 9.87. The minimum atomic E-state index is 0.303. The number of aliphatic hydroxyl groups is 1. The van der Waals surface area contributed by atoms with Crippen molar-refractivity contribution in [1.29, 1.82) is 0 Å². The standard InChI is InChI=1S/C12H25NO2/c1-11(5-4-9-14)13-8-7-12-6-2-3-10-15-12/h11-14H,2-10H2,1H3. The van der Waals surface area contributed by atoms with E-state index >= 15 is 0 Å². The molecule has 0 aromatic carbocycles. The highest BCUT2D eigenvalue weighted by molar-refractivity contribution is 4.67. The summed E-state index contributed by atoms with van der Waals surface area (Å²) in [5.74, 6) is 0. The van der Waals surface area contributed by atoms with E-state index in [0.29, 0.717) is 18.8 Å². The molecule has 0 aromatic rings. The van der Waals surface area contributed by atoms with Gasteiger partial charge in [0.1, 0.15) is 0 Å². The average Bonchev–Trinajstić information content (AvgIpc) is 2.28. The Morgan fingerprint density at radius 1 is 1.47 bits per heavy atom. The molecule has 3 heteroatoms. The fourth-order valence-corrected chi connectivity index (χ4v) is 2.03. The summed E-state index contributed by atoms with van der Waals surface area (Å²) in [6.07, 6.45) is 7.35. The van der Waals surface area contributed by atoms with Gasteiger partial charge in [-0.1, -0.05) is 0 Å². The lowest BCUT2D eigenvalue weighted by Gasteiger charge is -2.23. The van der Waals surface area contributed by atoms with Gasteiger partial charge < -0.3 is 15.2 Å². The van der Waals surface area contributed by atoms with E-state index in [1.54, 1.807) is 0 Å². The van der Waals surface area contributed by atoms with Crippen LogP contribution in [0.1, 0.15) is 45.4 Å². The fraction of sp³-hybridized carbons (Fsp3) is 1.00. The third-order valence-electron chi connectivity index (χ3n) is 3.03. The molecule has 0 radical (unpaired) electrons. The van der Waals surface area contributed by atoms with Gasteiger partial charge in [0, 0.05) is 19.3 Å². The van der Waals surface area contributed by atoms with Crippen molar-refractivity contribution >= 4 is 0 Å². The highest BCUT2D eigenvalue weighted by Crippen LogP contribution is 2.14. The van der Waals surface area contributed by atoms with Crippen molar-refractivity contribution < 1.29 is 9.84 Å². The minimum Gasteiger partial charge on any atom is -0.396 e. The number of rotatable bonds is 7. The predicted molar refractivity (Wildman–Crippen MR) is 62.0 cm³/mol. The molecule has 2 atom stereocenters. The highest BCUT2D eigenvalue weighted by atomic mass is 16.5. The molecule has 1 saturated heterocycles. The van der Waals surface area contributed by atoms with Crippen molar-refractivity contribution in [2.24, 2.45) is 0 Å². The van der Waals surface area contributed by atoms with E-state index in [2.05, 4.69) is 12.2 Å². The van der Waals surface area contributed by atoms with Crippen molar-refractivity contribution in [3.8, 4) is 0 Å². The molecule has 0 aliphatic carbocycles. The molecule has 90 valence electrons. The Bertz CT molecular complexity index is 147. The molecule has 3 nitrogen and oxygen atoms in total. The Labute approximate surface area is 93.2 Å². The number of aliphatic hydroxyl groups excluding tert-OH is 1. The van der Waals surface area contributed by atoms with Crippen molar-refractivity contribution in [2.45, 2.75) is 57.6 Å². The van der Waals surface area contributed by atoms with Crippen LogP contribution in [0.15, 0.2) is 0 Å². The van der Waals surface area contributed by atoms with E-state index in [4.69, 9.17) is 9.84 Å². The van der Waals surface area contributed by atoms with E-state index in [9.17, 15) is 0 Å². The van der Waals surface area contributed by atoms with Crippen LogP contribution in [0, 0.1) is 0 Å². The van der Waals surface area contributed by atoms with Gasteiger partial charge in [0.05, 0.1) is 6.10 Å². The van der Waals surface area contributed by atoms with Gasteiger partial charge in [-0.3, -0.25) is 0 Å². The molecule has 0 amide bonds. The molecule has 2 N–H and O–H groups in total. The third kappa shape index (κ3) is 6.13. The molecule has 0 aromatic heterocycles. The Balaban J connectivity index is 1.94. The van der Waals surface area contributed by atoms with Gasteiger partial charge in [-0.2, -0.15) is 0 Å². The summed E-state index contributed by atoms with van der Waals surface area (Å²) in [6, 6.07) is 0.515. The van der Waals surface area contributed by atoms with Gasteiger partial charge in [0.2, 0.25) is 0 Å². The van der Waals surface area contributed by atoms with Crippen LogP contribution in [0.2, 0.25) is 0 Å². The van der Waals surface area contributed by atoms with Gasteiger partial charge in [-0.15, -0.1) is 0 Å². The molecule has 0 saturated carbocycles. The summed E-state index contributed by atoms with van der Waals surface area (Å²) in [5, 5.41) is 12.2. The topological polar surface area (TPSA) is 41.5 Å². The van der Waals surface area contributed by atoms with Gasteiger partial charge in [-0.25, -0.2) is 0 Å². The SMILES string of the molecule is CC(CCCO)NCCC1CCCCO1. The van der Waals surface area contributed by atoms with Gasteiger partial charge in [0.15, 0.2) is 0 Å². The lowest BCUT2D eigenvalue weighted by atomic mass is 10.1. The van der Waals surface area contributed by atoms with Crippen LogP contribution in [0.25, 0.3) is 0 Å². The quantitative estimate of drug-likeness (QED) is 0.679. The maximum absolute atomic E-state index is 8.70. The van der Waals surface area contributed by atoms with E-state index in [1.807, 2.05) is 0 Å². The molecular formula is C12H25NO2. The summed E-state index contributed by atoms with van der Waals surface area (Å²) < 4.78 is 5.66. The Kier molecular flexibility index (Phi) is 6.98. The molecule has 0 bridgehead atoms. The molecule has 2 unspecified atom stereocenters. The van der Waals surface area contributed by atoms with Crippen LogP contribution in [0.3, 0.4) is 0 Å². The predicted octanol–water partition coefficient (Wildman–Crippen LogP) is 1.70. The van der Waals surface area contributed by atoms with Crippen LogP contribution in [-0.4, -0.2) is 37.0 Å². The van der Waals surface area contributed by atoms with Crippen LogP contribution in [0.5, 0.6) is 0 Å². The van der Waals surface area contributed by atoms with Crippen molar-refractivity contribution in [1.82, 2.24) is 5.32 Å². The second-order valence-electron chi connectivity index (χ2n) is 4.50. The summed E-state index contributed by atoms with van der Waals surface area (Å²) in [5.41, 5.74) is 0. The Hall–Kier alpha value is -0.120. The summed E-state index contributed by atoms with van der Waals surface area (Å²) in [7, 11) is 0. The Morgan fingerprint density at radius 3 is 3.00 bits per heavy atom. The van der Waals surface area contributed by atoms with Gasteiger partial charge in [-0.05, 0) is 52.0 Å². The maximum atomic E-state index is 8.70. The van der Waals surface area contributed by atoms with E-state index in [1.165, 1.54) is 19.3 Å². The molecule has 1 fully saturated rings. The first-order valence-corrected chi connectivity index (χ1v) is 6.28. The summed E-state index contributed by atoms with van der Waals surface area (Å²) >= 11 is 0. The molecule has 1 aliphatic heterocycles. The highest BCUT2D eigenvalue weighted by Gasteiger charge is 2.13. The number of hydrogen-bond donors (Lipinski definition) is 2. The molecule has 1 heterocycles. The minimum absolute atomic E-state index is 0.303. The van der Waals surface area contributed by atoms with Gasteiger partial charge >= 0.3 is 0 Å². The zero-order valence-electron chi connectivity index (χ0n) is 9.87. The zero-order chi connectivity index (χ0) is 10.9. The van der Waals surface area contributed by atoms with Crippen molar-refractivity contribution in [2.75, 3.05) is 19.8 Å². The molecular weight excluding hydrogens is 190 g/mol. The molecule has 0 spiro atoms. The van der Waals surface area contributed by atoms with Gasteiger partial charge in [0.25, 0.3) is 0 Å². The van der Waals surface area contributed by atoms with E-state index in [0.717, 1.165) is 32.4 Å². The first-order valence-electron chi connectivity index (χ1n) is 6.28. The van der Waals surface area contributed by atoms with E-state index in [-0.39, 0.29) is 0 Å². The number of hydrogen-bond acceptors (Lipinski definition) is 3. The molecule has 1 rings (SSSR count). The third-order valence-corrected chi connectivity index (χ3v) is 3.03. The second kappa shape index (κ2) is 8.08. The smallest absolute Gasteiger partial charge is 0.0587 e. The fourth-order valence-electron chi connectivity index (χ4n) is 2.03.